The summed E-state index contributed by atoms with van der Waals surface area (Å²) < 4.78 is 16.0. The molecular formula is C15H23NO5. The van der Waals surface area contributed by atoms with Gasteiger partial charge in [-0.3, -0.25) is 9.69 Å². The molecule has 21 heavy (non-hydrogen) atoms. The van der Waals surface area contributed by atoms with Crippen molar-refractivity contribution in [3.05, 3.63) is 18.2 Å². The number of methoxy groups -OCH3 is 2. The van der Waals surface area contributed by atoms with Gasteiger partial charge in [0, 0.05) is 24.7 Å². The molecule has 6 nitrogen and oxygen atoms in total. The zero-order valence-corrected chi connectivity index (χ0v) is 13.0. The molecule has 0 spiro atoms. The van der Waals surface area contributed by atoms with Gasteiger partial charge < -0.3 is 19.3 Å². The van der Waals surface area contributed by atoms with Gasteiger partial charge in [0.05, 0.1) is 20.8 Å². The number of carboxylic acid groups (broad SMARTS) is 1. The number of rotatable bonds is 9. The summed E-state index contributed by atoms with van der Waals surface area (Å²) in [6, 6.07) is 4.84. The van der Waals surface area contributed by atoms with E-state index in [0.717, 1.165) is 6.42 Å². The van der Waals surface area contributed by atoms with Crippen molar-refractivity contribution in [1.82, 2.24) is 4.90 Å². The topological polar surface area (TPSA) is 68.2 Å². The van der Waals surface area contributed by atoms with Crippen LogP contribution < -0.4 is 14.2 Å². The van der Waals surface area contributed by atoms with Gasteiger partial charge in [-0.05, 0) is 20.4 Å². The SMILES string of the molecule is COc1cc(OC)cc(OCCCN(C)C(C)C(=O)O)c1. The third kappa shape index (κ3) is 5.51. The van der Waals surface area contributed by atoms with Crippen molar-refractivity contribution >= 4 is 5.97 Å². The van der Waals surface area contributed by atoms with Gasteiger partial charge in [0.1, 0.15) is 23.3 Å². The van der Waals surface area contributed by atoms with Crippen LogP contribution in [0.5, 0.6) is 17.2 Å². The highest BCUT2D eigenvalue weighted by atomic mass is 16.5. The van der Waals surface area contributed by atoms with Crippen molar-refractivity contribution in [3.63, 3.8) is 0 Å². The normalized spacial score (nSPS) is 12.0. The van der Waals surface area contributed by atoms with Crippen LogP contribution in [0.15, 0.2) is 18.2 Å². The average molecular weight is 297 g/mol. The number of ether oxygens (including phenoxy) is 3. The summed E-state index contributed by atoms with van der Waals surface area (Å²) in [4.78, 5) is 12.6. The highest BCUT2D eigenvalue weighted by Crippen LogP contribution is 2.27. The summed E-state index contributed by atoms with van der Waals surface area (Å²) in [5.41, 5.74) is 0. The van der Waals surface area contributed by atoms with E-state index >= 15 is 0 Å². The fourth-order valence-electron chi connectivity index (χ4n) is 1.75. The molecule has 6 heteroatoms. The Labute approximate surface area is 125 Å². The average Bonchev–Trinajstić information content (AvgIpc) is 2.49. The molecule has 0 amide bonds. The molecule has 0 aliphatic rings. The summed E-state index contributed by atoms with van der Waals surface area (Å²) in [6.07, 6.45) is 0.730. The zero-order chi connectivity index (χ0) is 15.8. The minimum Gasteiger partial charge on any atom is -0.496 e. The number of nitrogens with zero attached hydrogens (tertiary/aromatic N) is 1. The maximum Gasteiger partial charge on any atom is 0.320 e. The molecule has 1 N–H and O–H groups in total. The Bertz CT molecular complexity index is 441. The van der Waals surface area contributed by atoms with E-state index in [-0.39, 0.29) is 0 Å². The van der Waals surface area contributed by atoms with Crippen LogP contribution in [0.25, 0.3) is 0 Å². The fraction of sp³-hybridized carbons (Fsp3) is 0.533. The van der Waals surface area contributed by atoms with Gasteiger partial charge in [0.15, 0.2) is 0 Å². The smallest absolute Gasteiger partial charge is 0.320 e. The summed E-state index contributed by atoms with van der Waals surface area (Å²) in [7, 11) is 4.95. The molecule has 0 fully saturated rings. The first-order chi connectivity index (χ1) is 9.97. The van der Waals surface area contributed by atoms with Gasteiger partial charge in [-0.2, -0.15) is 0 Å². The first kappa shape index (κ1) is 17.1. The highest BCUT2D eigenvalue weighted by Gasteiger charge is 2.15. The van der Waals surface area contributed by atoms with E-state index in [1.54, 1.807) is 51.3 Å². The third-order valence-corrected chi connectivity index (χ3v) is 3.27. The Morgan fingerprint density at radius 3 is 2.19 bits per heavy atom. The summed E-state index contributed by atoms with van der Waals surface area (Å²) in [6.45, 7) is 2.80. The molecule has 1 aromatic carbocycles. The van der Waals surface area contributed by atoms with Gasteiger partial charge in [0.25, 0.3) is 0 Å². The summed E-state index contributed by atoms with van der Waals surface area (Å²) >= 11 is 0. The minimum atomic E-state index is -0.823. The molecule has 1 rings (SSSR count). The predicted octanol–water partition coefficient (Wildman–Crippen LogP) is 1.88. The van der Waals surface area contributed by atoms with E-state index in [0.29, 0.717) is 30.4 Å². The van der Waals surface area contributed by atoms with Gasteiger partial charge in [-0.1, -0.05) is 0 Å². The van der Waals surface area contributed by atoms with Crippen LogP contribution >= 0.6 is 0 Å². The van der Waals surface area contributed by atoms with E-state index < -0.39 is 12.0 Å². The lowest BCUT2D eigenvalue weighted by Crippen LogP contribution is -2.36. The lowest BCUT2D eigenvalue weighted by Gasteiger charge is -2.20. The van der Waals surface area contributed by atoms with Gasteiger partial charge in [-0.15, -0.1) is 0 Å². The van der Waals surface area contributed by atoms with Crippen molar-refractivity contribution in [3.8, 4) is 17.2 Å². The van der Waals surface area contributed by atoms with Gasteiger partial charge in [0.2, 0.25) is 0 Å². The Balaban J connectivity index is 2.44. The van der Waals surface area contributed by atoms with Crippen LogP contribution in [0, 0.1) is 0 Å². The molecule has 0 radical (unpaired) electrons. The largest absolute Gasteiger partial charge is 0.496 e. The van der Waals surface area contributed by atoms with E-state index in [1.165, 1.54) is 0 Å². The van der Waals surface area contributed by atoms with Crippen LogP contribution in [0.2, 0.25) is 0 Å². The molecule has 1 unspecified atom stereocenters. The molecule has 0 bridgehead atoms. The van der Waals surface area contributed by atoms with Crippen molar-refractivity contribution in [2.45, 2.75) is 19.4 Å². The number of benzene rings is 1. The molecule has 0 aliphatic heterocycles. The summed E-state index contributed by atoms with van der Waals surface area (Å²) in [5.74, 6) is 1.18. The van der Waals surface area contributed by atoms with E-state index in [2.05, 4.69) is 0 Å². The molecule has 0 saturated heterocycles. The van der Waals surface area contributed by atoms with Crippen LogP contribution in [-0.4, -0.2) is 56.4 Å². The van der Waals surface area contributed by atoms with Crippen molar-refractivity contribution in [2.75, 3.05) is 34.4 Å². The Hall–Kier alpha value is -1.95. The predicted molar refractivity (Wildman–Crippen MR) is 79.4 cm³/mol. The molecule has 0 aromatic heterocycles. The lowest BCUT2D eigenvalue weighted by atomic mass is 10.3. The maximum absolute atomic E-state index is 10.8. The molecular weight excluding hydrogens is 274 g/mol. The second-order valence-electron chi connectivity index (χ2n) is 4.75. The van der Waals surface area contributed by atoms with E-state index in [9.17, 15) is 4.79 Å². The quantitative estimate of drug-likeness (QED) is 0.702. The number of carbonyl (C=O) groups is 1. The second kappa shape index (κ2) is 8.36. The second-order valence-corrected chi connectivity index (χ2v) is 4.75. The molecule has 0 heterocycles. The highest BCUT2D eigenvalue weighted by molar-refractivity contribution is 5.72. The van der Waals surface area contributed by atoms with Gasteiger partial charge >= 0.3 is 5.97 Å². The van der Waals surface area contributed by atoms with Crippen LogP contribution in [0.3, 0.4) is 0 Å². The fourth-order valence-corrected chi connectivity index (χ4v) is 1.75. The number of hydrogen-bond donors (Lipinski definition) is 1. The molecule has 0 saturated carbocycles. The lowest BCUT2D eigenvalue weighted by molar-refractivity contribution is -0.142. The third-order valence-electron chi connectivity index (χ3n) is 3.27. The molecule has 0 aliphatic carbocycles. The van der Waals surface area contributed by atoms with Crippen LogP contribution in [0.4, 0.5) is 0 Å². The maximum atomic E-state index is 10.8. The van der Waals surface area contributed by atoms with Crippen molar-refractivity contribution in [1.29, 1.82) is 0 Å². The standard InChI is InChI=1S/C15H23NO5/c1-11(15(17)18)16(2)6-5-7-21-14-9-12(19-3)8-13(10-14)20-4/h8-11H,5-7H2,1-4H3,(H,17,18). The minimum absolute atomic E-state index is 0.493. The van der Waals surface area contributed by atoms with E-state index in [4.69, 9.17) is 19.3 Å². The van der Waals surface area contributed by atoms with Crippen molar-refractivity contribution in [2.24, 2.45) is 0 Å². The Kier molecular flexibility index (Phi) is 6.81. The number of carboxylic acids is 1. The molecule has 1 aromatic rings. The van der Waals surface area contributed by atoms with E-state index in [1.807, 2.05) is 0 Å². The monoisotopic (exact) mass is 297 g/mol. The first-order valence-electron chi connectivity index (χ1n) is 6.76. The van der Waals surface area contributed by atoms with Crippen LogP contribution in [-0.2, 0) is 4.79 Å². The van der Waals surface area contributed by atoms with Crippen LogP contribution in [0.1, 0.15) is 13.3 Å². The molecule has 1 atom stereocenters. The van der Waals surface area contributed by atoms with Crippen molar-refractivity contribution < 1.29 is 24.1 Å². The zero-order valence-electron chi connectivity index (χ0n) is 13.0. The first-order valence-corrected chi connectivity index (χ1v) is 6.76. The number of hydrogen-bond acceptors (Lipinski definition) is 5. The Morgan fingerprint density at radius 2 is 1.71 bits per heavy atom. The number of likely N-dealkylation sites (N-methyl/N-ethyl adjacent to an activating group) is 1. The molecule has 118 valence electrons. The number of aliphatic carboxylic acids is 1. The summed E-state index contributed by atoms with van der Waals surface area (Å²) in [5, 5.41) is 8.90. The Morgan fingerprint density at radius 1 is 1.19 bits per heavy atom. The van der Waals surface area contributed by atoms with Gasteiger partial charge in [-0.25, -0.2) is 0 Å².